The Balaban J connectivity index is 2.10. The van der Waals surface area contributed by atoms with Crippen LogP contribution in [0, 0.1) is 0 Å². The van der Waals surface area contributed by atoms with Gasteiger partial charge in [-0.05, 0) is 37.7 Å². The summed E-state index contributed by atoms with van der Waals surface area (Å²) in [5.41, 5.74) is 1.17. The summed E-state index contributed by atoms with van der Waals surface area (Å²) in [7, 11) is 2.09. The molecule has 1 fully saturated rings. The number of aliphatic carboxylic acids is 1. The second kappa shape index (κ2) is 6.39. The minimum atomic E-state index is -0.719. The van der Waals surface area contributed by atoms with Crippen LogP contribution in [0.2, 0.25) is 0 Å². The van der Waals surface area contributed by atoms with Gasteiger partial charge in [-0.15, -0.1) is 0 Å². The first-order valence-electron chi connectivity index (χ1n) is 6.49. The van der Waals surface area contributed by atoms with Crippen LogP contribution in [0.3, 0.4) is 0 Å². The van der Waals surface area contributed by atoms with Gasteiger partial charge in [-0.2, -0.15) is 0 Å². The number of hydrogen-bond acceptors (Lipinski definition) is 3. The van der Waals surface area contributed by atoms with E-state index in [-0.39, 0.29) is 12.5 Å². The Hall–Kier alpha value is -1.07. The maximum absolute atomic E-state index is 10.8. The van der Waals surface area contributed by atoms with Gasteiger partial charge in [-0.1, -0.05) is 15.9 Å². The number of carboxylic acid groups (broad SMARTS) is 1. The van der Waals surface area contributed by atoms with Crippen molar-refractivity contribution in [2.75, 3.05) is 31.6 Å². The molecule has 19 heavy (non-hydrogen) atoms. The number of nitrogens with zero attached hydrogens (tertiary/aromatic N) is 2. The van der Waals surface area contributed by atoms with Crippen LogP contribution in [0.1, 0.15) is 12.8 Å². The topological polar surface area (TPSA) is 43.8 Å². The highest BCUT2D eigenvalue weighted by Crippen LogP contribution is 2.24. The minimum Gasteiger partial charge on any atom is -0.481 e. The van der Waals surface area contributed by atoms with Gasteiger partial charge in [0.05, 0.1) is 0 Å². The first kappa shape index (κ1) is 14.3. The van der Waals surface area contributed by atoms with Gasteiger partial charge in [0.1, 0.15) is 0 Å². The third-order valence-electron chi connectivity index (χ3n) is 3.54. The quantitative estimate of drug-likeness (QED) is 0.922. The number of carboxylic acids is 1. The lowest BCUT2D eigenvalue weighted by molar-refractivity contribution is -0.137. The van der Waals surface area contributed by atoms with Crippen LogP contribution >= 0.6 is 15.9 Å². The summed E-state index contributed by atoms with van der Waals surface area (Å²) in [4.78, 5) is 15.4. The number of benzene rings is 1. The first-order valence-corrected chi connectivity index (χ1v) is 7.28. The average Bonchev–Trinajstić information content (AvgIpc) is 2.38. The van der Waals surface area contributed by atoms with Crippen LogP contribution in [-0.4, -0.2) is 48.7 Å². The van der Waals surface area contributed by atoms with Crippen LogP contribution in [0.4, 0.5) is 5.69 Å². The SMILES string of the molecule is CN1CCN(c2ccc(Br)cc2)C(CCC(=O)O)C1. The zero-order valence-electron chi connectivity index (χ0n) is 11.1. The standard InChI is InChI=1S/C14H19BrN2O2/c1-16-8-9-17(12-4-2-11(15)3-5-12)13(10-16)6-7-14(18)19/h2-5,13H,6-10H2,1H3,(H,18,19). The molecule has 4 nitrogen and oxygen atoms in total. The molecule has 0 spiro atoms. The van der Waals surface area contributed by atoms with Crippen molar-refractivity contribution < 1.29 is 9.90 Å². The predicted octanol–water partition coefficient (Wildman–Crippen LogP) is 2.43. The summed E-state index contributed by atoms with van der Waals surface area (Å²) in [5.74, 6) is -0.719. The van der Waals surface area contributed by atoms with Crippen molar-refractivity contribution in [1.29, 1.82) is 0 Å². The second-order valence-electron chi connectivity index (χ2n) is 5.02. The van der Waals surface area contributed by atoms with E-state index in [0.29, 0.717) is 6.42 Å². The van der Waals surface area contributed by atoms with Crippen LogP contribution in [-0.2, 0) is 4.79 Å². The van der Waals surface area contributed by atoms with Crippen LogP contribution in [0.5, 0.6) is 0 Å². The Morgan fingerprint density at radius 3 is 2.68 bits per heavy atom. The number of hydrogen-bond donors (Lipinski definition) is 1. The lowest BCUT2D eigenvalue weighted by Crippen LogP contribution is -2.52. The molecule has 1 atom stereocenters. The lowest BCUT2D eigenvalue weighted by Gasteiger charge is -2.41. The third-order valence-corrected chi connectivity index (χ3v) is 4.06. The van der Waals surface area contributed by atoms with Gasteiger partial charge in [0.15, 0.2) is 0 Å². The maximum Gasteiger partial charge on any atom is 0.303 e. The van der Waals surface area contributed by atoms with Crippen molar-refractivity contribution in [3.8, 4) is 0 Å². The molecule has 1 aliphatic heterocycles. The Morgan fingerprint density at radius 1 is 1.37 bits per heavy atom. The second-order valence-corrected chi connectivity index (χ2v) is 5.93. The number of piperazine rings is 1. The van der Waals surface area contributed by atoms with Crippen molar-refractivity contribution in [3.05, 3.63) is 28.7 Å². The van der Waals surface area contributed by atoms with E-state index in [2.05, 4.69) is 44.9 Å². The van der Waals surface area contributed by atoms with Crippen molar-refractivity contribution in [1.82, 2.24) is 4.90 Å². The van der Waals surface area contributed by atoms with Crippen molar-refractivity contribution >= 4 is 27.6 Å². The molecular weight excluding hydrogens is 308 g/mol. The average molecular weight is 327 g/mol. The molecule has 0 aromatic heterocycles. The van der Waals surface area contributed by atoms with E-state index in [1.165, 1.54) is 5.69 Å². The number of carbonyl (C=O) groups is 1. The lowest BCUT2D eigenvalue weighted by atomic mass is 10.1. The summed E-state index contributed by atoms with van der Waals surface area (Å²) in [6.07, 6.45) is 0.918. The fourth-order valence-corrected chi connectivity index (χ4v) is 2.78. The van der Waals surface area contributed by atoms with E-state index in [4.69, 9.17) is 5.11 Å². The number of halogens is 1. The zero-order valence-corrected chi connectivity index (χ0v) is 12.6. The molecule has 1 aliphatic rings. The van der Waals surface area contributed by atoms with Gasteiger partial charge in [0.2, 0.25) is 0 Å². The first-order chi connectivity index (χ1) is 9.06. The van der Waals surface area contributed by atoms with E-state index in [1.54, 1.807) is 0 Å². The number of anilines is 1. The molecular formula is C14H19BrN2O2. The molecule has 0 aliphatic carbocycles. The molecule has 2 rings (SSSR count). The molecule has 1 N–H and O–H groups in total. The molecule has 0 amide bonds. The van der Waals surface area contributed by atoms with E-state index in [0.717, 1.165) is 24.1 Å². The molecule has 1 aromatic carbocycles. The fourth-order valence-electron chi connectivity index (χ4n) is 2.52. The fraction of sp³-hybridized carbons (Fsp3) is 0.500. The van der Waals surface area contributed by atoms with Crippen LogP contribution in [0.25, 0.3) is 0 Å². The molecule has 104 valence electrons. The van der Waals surface area contributed by atoms with Crippen molar-refractivity contribution in [2.24, 2.45) is 0 Å². The van der Waals surface area contributed by atoms with Gasteiger partial charge in [-0.25, -0.2) is 0 Å². The van der Waals surface area contributed by atoms with E-state index in [1.807, 2.05) is 12.1 Å². The number of likely N-dealkylation sites (N-methyl/N-ethyl adjacent to an activating group) is 1. The predicted molar refractivity (Wildman–Crippen MR) is 79.6 cm³/mol. The highest BCUT2D eigenvalue weighted by atomic mass is 79.9. The van der Waals surface area contributed by atoms with Crippen molar-refractivity contribution in [3.63, 3.8) is 0 Å². The van der Waals surface area contributed by atoms with Crippen LogP contribution < -0.4 is 4.90 Å². The van der Waals surface area contributed by atoms with Crippen molar-refractivity contribution in [2.45, 2.75) is 18.9 Å². The Kier molecular flexibility index (Phi) is 4.82. The Morgan fingerprint density at radius 2 is 2.05 bits per heavy atom. The number of rotatable bonds is 4. The van der Waals surface area contributed by atoms with Gasteiger partial charge in [0, 0.05) is 42.3 Å². The summed E-state index contributed by atoms with van der Waals surface area (Å²) in [5, 5.41) is 8.86. The maximum atomic E-state index is 10.8. The molecule has 0 radical (unpaired) electrons. The molecule has 1 saturated heterocycles. The van der Waals surface area contributed by atoms with E-state index >= 15 is 0 Å². The molecule has 1 aromatic rings. The van der Waals surface area contributed by atoms with Gasteiger partial charge in [-0.3, -0.25) is 4.79 Å². The summed E-state index contributed by atoms with van der Waals surface area (Å²) in [6.45, 7) is 2.88. The highest BCUT2D eigenvalue weighted by molar-refractivity contribution is 9.10. The molecule has 1 heterocycles. The van der Waals surface area contributed by atoms with E-state index < -0.39 is 5.97 Å². The van der Waals surface area contributed by atoms with Gasteiger partial charge < -0.3 is 14.9 Å². The highest BCUT2D eigenvalue weighted by Gasteiger charge is 2.25. The smallest absolute Gasteiger partial charge is 0.303 e. The molecule has 5 heteroatoms. The summed E-state index contributed by atoms with van der Waals surface area (Å²) in [6, 6.07) is 8.51. The monoisotopic (exact) mass is 326 g/mol. The van der Waals surface area contributed by atoms with Crippen LogP contribution in [0.15, 0.2) is 28.7 Å². The van der Waals surface area contributed by atoms with Gasteiger partial charge in [0.25, 0.3) is 0 Å². The summed E-state index contributed by atoms with van der Waals surface area (Å²) >= 11 is 3.44. The Labute approximate surface area is 122 Å². The molecule has 1 unspecified atom stereocenters. The van der Waals surface area contributed by atoms with Gasteiger partial charge >= 0.3 is 5.97 Å². The largest absolute Gasteiger partial charge is 0.481 e. The summed E-state index contributed by atoms with van der Waals surface area (Å²) < 4.78 is 1.06. The van der Waals surface area contributed by atoms with E-state index in [9.17, 15) is 4.79 Å². The zero-order chi connectivity index (χ0) is 13.8. The Bertz CT molecular complexity index is 436. The molecule has 0 saturated carbocycles. The minimum absolute atomic E-state index is 0.228. The molecule has 0 bridgehead atoms. The normalized spacial score (nSPS) is 20.5. The third kappa shape index (κ3) is 3.94.